The van der Waals surface area contributed by atoms with Crippen molar-refractivity contribution in [2.24, 2.45) is 0 Å². The minimum atomic E-state index is 0.678. The molecule has 0 aromatic heterocycles. The number of nitrogens with zero attached hydrogens (tertiary/aromatic N) is 1. The number of nitriles is 1. The summed E-state index contributed by atoms with van der Waals surface area (Å²) in [4.78, 5) is 0. The van der Waals surface area contributed by atoms with Crippen LogP contribution < -0.4 is 0 Å². The van der Waals surface area contributed by atoms with E-state index in [-0.39, 0.29) is 0 Å². The molecular formula is C43H25N. The quantitative estimate of drug-likeness (QED) is 0.146. The van der Waals surface area contributed by atoms with Gasteiger partial charge >= 0.3 is 0 Å². The van der Waals surface area contributed by atoms with Gasteiger partial charge in [-0.2, -0.15) is 5.26 Å². The lowest BCUT2D eigenvalue weighted by atomic mass is 9.89. The van der Waals surface area contributed by atoms with Crippen LogP contribution in [0.15, 0.2) is 115 Å². The molecule has 44 heavy (non-hydrogen) atoms. The van der Waals surface area contributed by atoms with Crippen LogP contribution in [-0.2, 0) is 0 Å². The number of fused-ring (bicyclic) bond motifs is 9. The van der Waals surface area contributed by atoms with E-state index in [4.69, 9.17) is 0 Å². The lowest BCUT2D eigenvalue weighted by molar-refractivity contribution is 1.49. The second-order valence-corrected chi connectivity index (χ2v) is 12.6. The van der Waals surface area contributed by atoms with Crippen LogP contribution >= 0.6 is 0 Å². The van der Waals surface area contributed by atoms with Crippen LogP contribution in [0.4, 0.5) is 0 Å². The van der Waals surface area contributed by atoms with E-state index in [1.165, 1.54) is 103 Å². The lowest BCUT2D eigenvalue weighted by Crippen LogP contribution is -1.87. The van der Waals surface area contributed by atoms with E-state index in [1.54, 1.807) is 0 Å². The molecule has 0 heterocycles. The standard InChI is InChI=1S/C43H25N/c1-23-14-29-15-24(2)17-39-40(29)36(16-23)38-21-28-18-34-27(19-35(28)41(43(38)39)26-12-10-25(22-44)11-13-26)20-37-31-7-4-3-6-30(31)32-8-5-9-33(34)42(32)37/h3-21H,1-2H3. The largest absolute Gasteiger partial charge is 0.192 e. The van der Waals surface area contributed by atoms with E-state index in [0.717, 1.165) is 5.56 Å². The van der Waals surface area contributed by atoms with Gasteiger partial charge in [-0.05, 0) is 159 Å². The molecule has 0 N–H and O–H groups in total. The highest BCUT2D eigenvalue weighted by molar-refractivity contribution is 6.38. The summed E-state index contributed by atoms with van der Waals surface area (Å²) in [6.07, 6.45) is 0. The van der Waals surface area contributed by atoms with Gasteiger partial charge in [0.15, 0.2) is 0 Å². The van der Waals surface area contributed by atoms with Gasteiger partial charge in [0.1, 0.15) is 0 Å². The zero-order valence-electron chi connectivity index (χ0n) is 24.4. The van der Waals surface area contributed by atoms with Crippen LogP contribution in [0, 0.1) is 25.2 Å². The summed E-state index contributed by atoms with van der Waals surface area (Å²) >= 11 is 0. The van der Waals surface area contributed by atoms with Crippen LogP contribution in [0.25, 0.3) is 97.3 Å². The highest BCUT2D eigenvalue weighted by atomic mass is 14.3. The minimum Gasteiger partial charge on any atom is -0.192 e. The molecule has 0 spiro atoms. The van der Waals surface area contributed by atoms with Crippen molar-refractivity contribution in [2.75, 3.05) is 0 Å². The average Bonchev–Trinajstić information content (AvgIpc) is 3.52. The Bertz CT molecular complexity index is 2880. The Labute approximate surface area is 253 Å². The predicted molar refractivity (Wildman–Crippen MR) is 188 cm³/mol. The van der Waals surface area contributed by atoms with Crippen LogP contribution in [0.1, 0.15) is 16.7 Å². The van der Waals surface area contributed by atoms with E-state index in [0.29, 0.717) is 5.56 Å². The second kappa shape index (κ2) is 8.22. The smallest absolute Gasteiger partial charge is 0.0991 e. The van der Waals surface area contributed by atoms with Gasteiger partial charge in [0, 0.05) is 0 Å². The van der Waals surface area contributed by atoms with Crippen LogP contribution in [0.5, 0.6) is 0 Å². The zero-order chi connectivity index (χ0) is 29.3. The molecule has 0 saturated heterocycles. The van der Waals surface area contributed by atoms with Crippen LogP contribution in [0.3, 0.4) is 0 Å². The second-order valence-electron chi connectivity index (χ2n) is 12.6. The maximum atomic E-state index is 9.58. The molecule has 10 rings (SSSR count). The summed E-state index contributed by atoms with van der Waals surface area (Å²) in [5.74, 6) is 0. The molecule has 1 nitrogen and oxygen atoms in total. The van der Waals surface area contributed by atoms with Crippen LogP contribution in [0.2, 0.25) is 0 Å². The number of hydrogen-bond donors (Lipinski definition) is 0. The monoisotopic (exact) mass is 555 g/mol. The maximum absolute atomic E-state index is 9.58. The van der Waals surface area contributed by atoms with Gasteiger partial charge in [-0.15, -0.1) is 0 Å². The number of rotatable bonds is 1. The van der Waals surface area contributed by atoms with E-state index in [1.807, 2.05) is 12.1 Å². The molecule has 0 aliphatic rings. The number of hydrogen-bond acceptors (Lipinski definition) is 1. The zero-order valence-corrected chi connectivity index (χ0v) is 24.4. The Balaban J connectivity index is 1.46. The summed E-state index contributed by atoms with van der Waals surface area (Å²) in [6.45, 7) is 4.40. The summed E-state index contributed by atoms with van der Waals surface area (Å²) < 4.78 is 0. The molecule has 1 heteroatoms. The molecule has 0 aliphatic heterocycles. The molecule has 10 aromatic carbocycles. The molecule has 0 aliphatic carbocycles. The van der Waals surface area contributed by atoms with E-state index < -0.39 is 0 Å². The van der Waals surface area contributed by atoms with E-state index in [2.05, 4.69) is 123 Å². The molecule has 0 atom stereocenters. The molecule has 202 valence electrons. The average molecular weight is 556 g/mol. The van der Waals surface area contributed by atoms with Gasteiger partial charge in [0.25, 0.3) is 0 Å². The predicted octanol–water partition coefficient (Wildman–Crippen LogP) is 11.9. The number of aryl methyl sites for hydroxylation is 2. The Morgan fingerprint density at radius 3 is 1.68 bits per heavy atom. The molecule has 0 fully saturated rings. The van der Waals surface area contributed by atoms with Crippen molar-refractivity contribution in [1.82, 2.24) is 0 Å². The normalized spacial score (nSPS) is 12.3. The fourth-order valence-corrected chi connectivity index (χ4v) is 8.23. The third-order valence-corrected chi connectivity index (χ3v) is 9.94. The van der Waals surface area contributed by atoms with Gasteiger partial charge in [0.05, 0.1) is 11.6 Å². The first-order valence-electron chi connectivity index (χ1n) is 15.2. The molecule has 0 saturated carbocycles. The Kier molecular flexibility index (Phi) is 4.45. The fraction of sp³-hybridized carbons (Fsp3) is 0.0465. The van der Waals surface area contributed by atoms with Gasteiger partial charge in [-0.3, -0.25) is 0 Å². The molecule has 0 radical (unpaired) electrons. The highest BCUT2D eigenvalue weighted by Gasteiger charge is 2.21. The third kappa shape index (κ3) is 2.97. The minimum absolute atomic E-state index is 0.678. The molecule has 10 aromatic rings. The van der Waals surface area contributed by atoms with Gasteiger partial charge in [-0.1, -0.05) is 78.9 Å². The first-order chi connectivity index (χ1) is 21.6. The first-order valence-corrected chi connectivity index (χ1v) is 15.2. The molecular weight excluding hydrogens is 530 g/mol. The van der Waals surface area contributed by atoms with Crippen molar-refractivity contribution in [3.63, 3.8) is 0 Å². The van der Waals surface area contributed by atoms with E-state index in [9.17, 15) is 5.26 Å². The third-order valence-electron chi connectivity index (χ3n) is 9.94. The fourth-order valence-electron chi connectivity index (χ4n) is 8.23. The van der Waals surface area contributed by atoms with Crippen molar-refractivity contribution < 1.29 is 0 Å². The van der Waals surface area contributed by atoms with Crippen molar-refractivity contribution >= 4 is 86.2 Å². The first kappa shape index (κ1) is 23.8. The van der Waals surface area contributed by atoms with Crippen molar-refractivity contribution in [2.45, 2.75) is 13.8 Å². The van der Waals surface area contributed by atoms with Crippen molar-refractivity contribution in [3.8, 4) is 17.2 Å². The van der Waals surface area contributed by atoms with Crippen LogP contribution in [-0.4, -0.2) is 0 Å². The Hall–Kier alpha value is -5.71. The number of benzene rings is 8. The highest BCUT2D eigenvalue weighted by Crippen LogP contribution is 2.49. The molecule has 0 unspecified atom stereocenters. The maximum Gasteiger partial charge on any atom is 0.0991 e. The Morgan fingerprint density at radius 2 is 0.955 bits per heavy atom. The summed E-state index contributed by atoms with van der Waals surface area (Å²) in [7, 11) is 0. The SMILES string of the molecule is Cc1cc2cc(C)cc3c4c(-c5ccc(C#N)cc5)c5cc6cc7c8ccccc8c8cccc(c6cc5cc4c(c1)c23)c87. The summed E-state index contributed by atoms with van der Waals surface area (Å²) in [6, 6.07) is 45.1. The summed E-state index contributed by atoms with van der Waals surface area (Å²) in [5.41, 5.74) is 5.61. The summed E-state index contributed by atoms with van der Waals surface area (Å²) in [5, 5.41) is 30.4. The van der Waals surface area contributed by atoms with Gasteiger partial charge in [-0.25, -0.2) is 0 Å². The molecule has 0 amide bonds. The van der Waals surface area contributed by atoms with Gasteiger partial charge in [0.2, 0.25) is 0 Å². The van der Waals surface area contributed by atoms with Gasteiger partial charge < -0.3 is 0 Å². The lowest BCUT2D eigenvalue weighted by Gasteiger charge is -2.14. The van der Waals surface area contributed by atoms with E-state index >= 15 is 0 Å². The molecule has 0 bridgehead atoms. The van der Waals surface area contributed by atoms with Crippen molar-refractivity contribution in [1.29, 1.82) is 5.26 Å². The topological polar surface area (TPSA) is 23.8 Å². The van der Waals surface area contributed by atoms with Crippen molar-refractivity contribution in [3.05, 3.63) is 132 Å². The Morgan fingerprint density at radius 1 is 0.409 bits per heavy atom.